The van der Waals surface area contributed by atoms with Gasteiger partial charge in [-0.3, -0.25) is 0 Å². The van der Waals surface area contributed by atoms with E-state index in [1.54, 1.807) is 0 Å². The quantitative estimate of drug-likeness (QED) is 0.566. The van der Waals surface area contributed by atoms with E-state index in [4.69, 9.17) is 5.26 Å². The fraction of sp³-hybridized carbons (Fsp3) is 0.560. The average molecular weight is 346 g/mol. The number of hydrogen-bond donors (Lipinski definition) is 0. The highest BCUT2D eigenvalue weighted by Gasteiger charge is 2.21. The first-order chi connectivity index (χ1) is 12.8. The van der Waals surface area contributed by atoms with Crippen LogP contribution in [0.15, 0.2) is 36.4 Å². The van der Waals surface area contributed by atoms with Gasteiger partial charge in [-0.25, -0.2) is 0 Å². The van der Waals surface area contributed by atoms with Gasteiger partial charge in [0.2, 0.25) is 0 Å². The number of allylic oxidation sites excluding steroid dienone is 2. The molecule has 1 aromatic carbocycles. The maximum absolute atomic E-state index is 8.91. The van der Waals surface area contributed by atoms with Gasteiger partial charge in [-0.05, 0) is 92.9 Å². The molecular weight excluding hydrogens is 314 g/mol. The minimum Gasteiger partial charge on any atom is -0.192 e. The topological polar surface area (TPSA) is 23.8 Å². The standard InChI is InChI=1S/C25H31N/c1-2-20-7-9-21(10-8-20)5-3-4-6-22-11-15-24(16-12-22)25-17-13-23(19-26)14-18-25/h3,5,13-14,17-18,20-22,24H,2,7-12,15-16H2,1H3. The molecule has 1 aromatic rings. The molecule has 0 aromatic heterocycles. The second-order valence-electron chi connectivity index (χ2n) is 8.12. The summed E-state index contributed by atoms with van der Waals surface area (Å²) in [5.74, 6) is 9.76. The fourth-order valence-electron chi connectivity index (χ4n) is 4.54. The van der Waals surface area contributed by atoms with Gasteiger partial charge < -0.3 is 0 Å². The molecule has 0 unspecified atom stereocenters. The van der Waals surface area contributed by atoms with Crippen LogP contribution in [0.2, 0.25) is 0 Å². The predicted octanol–water partition coefficient (Wildman–Crippen LogP) is 6.61. The van der Waals surface area contributed by atoms with Gasteiger partial charge in [-0.2, -0.15) is 5.26 Å². The van der Waals surface area contributed by atoms with Gasteiger partial charge in [-0.15, -0.1) is 0 Å². The molecule has 136 valence electrons. The van der Waals surface area contributed by atoms with Crippen molar-refractivity contribution in [3.05, 3.63) is 47.5 Å². The Morgan fingerprint density at radius 1 is 0.962 bits per heavy atom. The van der Waals surface area contributed by atoms with Crippen LogP contribution >= 0.6 is 0 Å². The Balaban J connectivity index is 1.42. The van der Waals surface area contributed by atoms with Crippen molar-refractivity contribution in [2.75, 3.05) is 0 Å². The van der Waals surface area contributed by atoms with Gasteiger partial charge >= 0.3 is 0 Å². The molecule has 0 bridgehead atoms. The van der Waals surface area contributed by atoms with Crippen molar-refractivity contribution in [2.24, 2.45) is 17.8 Å². The lowest BCUT2D eigenvalue weighted by Gasteiger charge is -2.26. The van der Waals surface area contributed by atoms with Crippen LogP contribution in [0.5, 0.6) is 0 Å². The van der Waals surface area contributed by atoms with Crippen LogP contribution < -0.4 is 0 Å². The minimum absolute atomic E-state index is 0.560. The molecule has 0 radical (unpaired) electrons. The molecule has 1 nitrogen and oxygen atoms in total. The average Bonchev–Trinajstić information content (AvgIpc) is 2.72. The second-order valence-corrected chi connectivity index (χ2v) is 8.12. The molecule has 2 aliphatic rings. The first-order valence-electron chi connectivity index (χ1n) is 10.5. The van der Waals surface area contributed by atoms with Gasteiger partial charge in [-0.1, -0.05) is 43.4 Å². The van der Waals surface area contributed by atoms with Gasteiger partial charge in [0.05, 0.1) is 11.6 Å². The molecule has 2 saturated carbocycles. The van der Waals surface area contributed by atoms with E-state index in [-0.39, 0.29) is 0 Å². The Kier molecular flexibility index (Phi) is 6.96. The van der Waals surface area contributed by atoms with Crippen molar-refractivity contribution in [2.45, 2.75) is 70.6 Å². The molecule has 0 saturated heterocycles. The monoisotopic (exact) mass is 345 g/mol. The van der Waals surface area contributed by atoms with E-state index in [0.29, 0.717) is 11.8 Å². The Morgan fingerprint density at radius 2 is 1.65 bits per heavy atom. The summed E-state index contributed by atoms with van der Waals surface area (Å²) in [4.78, 5) is 0. The number of nitriles is 1. The zero-order valence-corrected chi connectivity index (χ0v) is 16.1. The van der Waals surface area contributed by atoms with Gasteiger partial charge in [0.15, 0.2) is 0 Å². The van der Waals surface area contributed by atoms with Crippen molar-refractivity contribution < 1.29 is 0 Å². The Morgan fingerprint density at radius 3 is 2.27 bits per heavy atom. The Bertz CT molecular complexity index is 678. The molecular formula is C25H31N. The summed E-state index contributed by atoms with van der Waals surface area (Å²) < 4.78 is 0. The number of hydrogen-bond acceptors (Lipinski definition) is 1. The van der Waals surface area contributed by atoms with E-state index >= 15 is 0 Å². The molecule has 0 aliphatic heterocycles. The first kappa shape index (κ1) is 18.8. The fourth-order valence-corrected chi connectivity index (χ4v) is 4.54. The largest absolute Gasteiger partial charge is 0.192 e. The molecule has 2 fully saturated rings. The highest BCUT2D eigenvalue weighted by molar-refractivity contribution is 5.33. The zero-order valence-electron chi connectivity index (χ0n) is 16.1. The van der Waals surface area contributed by atoms with Crippen LogP contribution in [0.4, 0.5) is 0 Å². The predicted molar refractivity (Wildman–Crippen MR) is 109 cm³/mol. The molecule has 0 spiro atoms. The normalized spacial score (nSPS) is 28.9. The van der Waals surface area contributed by atoms with Crippen molar-refractivity contribution in [3.63, 3.8) is 0 Å². The molecule has 3 rings (SSSR count). The van der Waals surface area contributed by atoms with Crippen LogP contribution in [0, 0.1) is 40.9 Å². The molecule has 0 heterocycles. The Labute approximate surface area is 159 Å². The second kappa shape index (κ2) is 9.64. The molecule has 0 N–H and O–H groups in total. The summed E-state index contributed by atoms with van der Waals surface area (Å²) in [6.07, 6.45) is 16.2. The van der Waals surface area contributed by atoms with Crippen LogP contribution in [-0.4, -0.2) is 0 Å². The van der Waals surface area contributed by atoms with Crippen molar-refractivity contribution in [3.8, 4) is 17.9 Å². The summed E-state index contributed by atoms with van der Waals surface area (Å²) in [5, 5.41) is 8.91. The molecule has 26 heavy (non-hydrogen) atoms. The number of benzene rings is 1. The van der Waals surface area contributed by atoms with Crippen LogP contribution in [0.3, 0.4) is 0 Å². The van der Waals surface area contributed by atoms with E-state index < -0.39 is 0 Å². The van der Waals surface area contributed by atoms with E-state index in [0.717, 1.165) is 17.4 Å². The lowest BCUT2D eigenvalue weighted by atomic mass is 9.79. The van der Waals surface area contributed by atoms with E-state index in [9.17, 15) is 0 Å². The molecule has 2 aliphatic carbocycles. The highest BCUT2D eigenvalue weighted by atomic mass is 14.3. The van der Waals surface area contributed by atoms with E-state index in [1.807, 2.05) is 12.1 Å². The summed E-state index contributed by atoms with van der Waals surface area (Å²) >= 11 is 0. The smallest absolute Gasteiger partial charge is 0.0991 e. The van der Waals surface area contributed by atoms with Crippen LogP contribution in [0.25, 0.3) is 0 Å². The third-order valence-electron chi connectivity index (χ3n) is 6.45. The van der Waals surface area contributed by atoms with Gasteiger partial charge in [0, 0.05) is 5.92 Å². The van der Waals surface area contributed by atoms with Crippen molar-refractivity contribution >= 4 is 0 Å². The van der Waals surface area contributed by atoms with Crippen molar-refractivity contribution in [1.29, 1.82) is 5.26 Å². The van der Waals surface area contributed by atoms with Gasteiger partial charge in [0.25, 0.3) is 0 Å². The summed E-state index contributed by atoms with van der Waals surface area (Å²) in [5.41, 5.74) is 2.14. The lowest BCUT2D eigenvalue weighted by molar-refractivity contribution is 0.304. The maximum Gasteiger partial charge on any atom is 0.0991 e. The molecule has 0 amide bonds. The summed E-state index contributed by atoms with van der Waals surface area (Å²) in [7, 11) is 0. The zero-order chi connectivity index (χ0) is 18.2. The number of rotatable bonds is 3. The van der Waals surface area contributed by atoms with Crippen LogP contribution in [-0.2, 0) is 0 Å². The third-order valence-corrected chi connectivity index (χ3v) is 6.45. The Hall–Kier alpha value is -1.99. The van der Waals surface area contributed by atoms with E-state index in [1.165, 1.54) is 63.4 Å². The number of nitrogens with zero attached hydrogens (tertiary/aromatic N) is 1. The van der Waals surface area contributed by atoms with Gasteiger partial charge in [0.1, 0.15) is 0 Å². The summed E-state index contributed by atoms with van der Waals surface area (Å²) in [6.45, 7) is 2.32. The van der Waals surface area contributed by atoms with E-state index in [2.05, 4.69) is 49.1 Å². The highest BCUT2D eigenvalue weighted by Crippen LogP contribution is 2.35. The first-order valence-corrected chi connectivity index (χ1v) is 10.5. The maximum atomic E-state index is 8.91. The lowest BCUT2D eigenvalue weighted by Crippen LogP contribution is -2.12. The third kappa shape index (κ3) is 5.25. The summed E-state index contributed by atoms with van der Waals surface area (Å²) in [6, 6.07) is 10.3. The SMILES string of the molecule is CCC1CCC(C=CC#CC2CCC(c3ccc(C#N)cc3)CC2)CC1. The van der Waals surface area contributed by atoms with Crippen molar-refractivity contribution in [1.82, 2.24) is 0 Å². The van der Waals surface area contributed by atoms with Crippen LogP contribution in [0.1, 0.15) is 81.8 Å². The minimum atomic E-state index is 0.560. The molecule has 0 atom stereocenters. The molecule has 1 heteroatoms.